The smallest absolute Gasteiger partial charge is 0.335 e. The summed E-state index contributed by atoms with van der Waals surface area (Å²) in [4.78, 5) is 22.8. The van der Waals surface area contributed by atoms with Gasteiger partial charge in [0.05, 0.1) is 11.8 Å². The van der Waals surface area contributed by atoms with Gasteiger partial charge in [0, 0.05) is 10.6 Å². The number of amides is 1. The van der Waals surface area contributed by atoms with Gasteiger partial charge in [0.15, 0.2) is 6.61 Å². The number of aromatic carboxylic acids is 1. The van der Waals surface area contributed by atoms with Gasteiger partial charge >= 0.3 is 5.97 Å². The maximum Gasteiger partial charge on any atom is 0.335 e. The van der Waals surface area contributed by atoms with E-state index in [1.165, 1.54) is 12.3 Å². The van der Waals surface area contributed by atoms with Gasteiger partial charge in [0.1, 0.15) is 17.3 Å². The Hall–Kier alpha value is -3.58. The number of carbonyl (C=O) groups excluding carboxylic acids is 1. The van der Waals surface area contributed by atoms with Crippen LogP contribution in [0.4, 0.5) is 0 Å². The predicted octanol–water partition coefficient (Wildman–Crippen LogP) is 4.14. The number of halogens is 1. The maximum absolute atomic E-state index is 11.8. The lowest BCUT2D eigenvalue weighted by Crippen LogP contribution is -2.24. The van der Waals surface area contributed by atoms with E-state index in [2.05, 4.69) is 10.5 Å². The molecule has 1 amide bonds. The van der Waals surface area contributed by atoms with Gasteiger partial charge in [-0.2, -0.15) is 5.10 Å². The minimum Gasteiger partial charge on any atom is -0.484 e. The van der Waals surface area contributed by atoms with Gasteiger partial charge in [0.2, 0.25) is 0 Å². The van der Waals surface area contributed by atoms with E-state index in [1.54, 1.807) is 55.5 Å². The Balaban J connectivity index is 1.55. The Labute approximate surface area is 171 Å². The summed E-state index contributed by atoms with van der Waals surface area (Å²) in [5.74, 6) is 0.109. The first kappa shape index (κ1) is 20.2. The van der Waals surface area contributed by atoms with Gasteiger partial charge in [-0.25, -0.2) is 10.2 Å². The minimum atomic E-state index is -0.984. The number of rotatable bonds is 7. The van der Waals surface area contributed by atoms with Gasteiger partial charge in [0.25, 0.3) is 5.91 Å². The molecule has 1 aromatic heterocycles. The van der Waals surface area contributed by atoms with Gasteiger partial charge in [-0.1, -0.05) is 17.7 Å². The third-order valence-electron chi connectivity index (χ3n) is 3.93. The summed E-state index contributed by atoms with van der Waals surface area (Å²) in [5.41, 5.74) is 4.11. The highest BCUT2D eigenvalue weighted by Crippen LogP contribution is 2.26. The molecule has 0 saturated heterocycles. The first-order valence-corrected chi connectivity index (χ1v) is 8.94. The molecule has 0 spiro atoms. The summed E-state index contributed by atoms with van der Waals surface area (Å²) in [5, 5.41) is 13.5. The minimum absolute atomic E-state index is 0.197. The second-order valence-corrected chi connectivity index (χ2v) is 6.51. The number of nitrogens with one attached hydrogen (secondary N) is 1. The zero-order chi connectivity index (χ0) is 20.8. The number of hydrazone groups is 1. The van der Waals surface area contributed by atoms with Crippen LogP contribution >= 0.6 is 11.6 Å². The van der Waals surface area contributed by atoms with Crippen LogP contribution in [0.5, 0.6) is 5.75 Å². The van der Waals surface area contributed by atoms with Crippen LogP contribution in [-0.2, 0) is 4.79 Å². The molecule has 0 bridgehead atoms. The van der Waals surface area contributed by atoms with E-state index in [1.807, 2.05) is 0 Å². The fourth-order valence-electron chi connectivity index (χ4n) is 2.52. The Kier molecular flexibility index (Phi) is 6.31. The highest BCUT2D eigenvalue weighted by atomic mass is 35.5. The molecule has 2 N–H and O–H groups in total. The number of aryl methyl sites for hydroxylation is 1. The number of benzene rings is 2. The molecule has 148 valence electrons. The van der Waals surface area contributed by atoms with E-state index in [-0.39, 0.29) is 12.2 Å². The lowest BCUT2D eigenvalue weighted by Gasteiger charge is -2.04. The van der Waals surface area contributed by atoms with Gasteiger partial charge < -0.3 is 14.3 Å². The summed E-state index contributed by atoms with van der Waals surface area (Å²) < 4.78 is 11.0. The third kappa shape index (κ3) is 5.46. The van der Waals surface area contributed by atoms with Crippen molar-refractivity contribution in [2.75, 3.05) is 6.61 Å². The largest absolute Gasteiger partial charge is 0.484 e. The first-order valence-electron chi connectivity index (χ1n) is 8.57. The SMILES string of the molecule is Cc1cc(C(=O)O)ccc1-c1ccc(/C=N\NC(=O)COc2ccc(Cl)cc2)o1. The van der Waals surface area contributed by atoms with Crippen molar-refractivity contribution < 1.29 is 23.8 Å². The fraction of sp³-hybridized carbons (Fsp3) is 0.0952. The van der Waals surface area contributed by atoms with Crippen molar-refractivity contribution in [1.29, 1.82) is 0 Å². The Morgan fingerprint density at radius 3 is 2.62 bits per heavy atom. The summed E-state index contributed by atoms with van der Waals surface area (Å²) in [6, 6.07) is 14.9. The quantitative estimate of drug-likeness (QED) is 0.448. The topological polar surface area (TPSA) is 101 Å². The van der Waals surface area contributed by atoms with Crippen molar-refractivity contribution >= 4 is 29.7 Å². The number of carboxylic acid groups (broad SMARTS) is 1. The molecule has 7 nitrogen and oxygen atoms in total. The zero-order valence-electron chi connectivity index (χ0n) is 15.4. The second kappa shape index (κ2) is 9.07. The van der Waals surface area contributed by atoms with E-state index in [9.17, 15) is 9.59 Å². The van der Waals surface area contributed by atoms with Gasteiger partial charge in [-0.15, -0.1) is 0 Å². The van der Waals surface area contributed by atoms with Crippen molar-refractivity contribution in [3.63, 3.8) is 0 Å². The molecule has 29 heavy (non-hydrogen) atoms. The van der Waals surface area contributed by atoms with Crippen LogP contribution < -0.4 is 10.2 Å². The summed E-state index contributed by atoms with van der Waals surface area (Å²) in [6.45, 7) is 1.61. The molecule has 3 rings (SSSR count). The molecule has 0 aliphatic rings. The standard InChI is InChI=1S/C21H17ClN2O5/c1-13-10-14(21(26)27)2-8-18(13)19-9-7-17(29-19)11-23-24-20(25)12-28-16-5-3-15(22)4-6-16/h2-11H,12H2,1H3,(H,24,25)(H,26,27)/b23-11-. The normalized spacial score (nSPS) is 10.8. The van der Waals surface area contributed by atoms with E-state index < -0.39 is 11.9 Å². The van der Waals surface area contributed by atoms with Gasteiger partial charge in [-0.05, 0) is 61.0 Å². The molecule has 0 atom stereocenters. The predicted molar refractivity (Wildman–Crippen MR) is 109 cm³/mol. The van der Waals surface area contributed by atoms with Gasteiger partial charge in [-0.3, -0.25) is 4.79 Å². The number of nitrogens with zero attached hydrogens (tertiary/aromatic N) is 1. The number of carbonyl (C=O) groups is 2. The Morgan fingerprint density at radius 1 is 1.17 bits per heavy atom. The van der Waals surface area contributed by atoms with Crippen LogP contribution in [0.3, 0.4) is 0 Å². The molecule has 0 fully saturated rings. The number of hydrogen-bond donors (Lipinski definition) is 2. The number of ether oxygens (including phenoxy) is 1. The van der Waals surface area contributed by atoms with E-state index >= 15 is 0 Å². The number of hydrogen-bond acceptors (Lipinski definition) is 5. The van der Waals surface area contributed by atoms with Crippen molar-refractivity contribution in [3.8, 4) is 17.1 Å². The van der Waals surface area contributed by atoms with Crippen molar-refractivity contribution in [2.24, 2.45) is 5.10 Å². The summed E-state index contributed by atoms with van der Waals surface area (Å²) in [7, 11) is 0. The molecule has 1 heterocycles. The van der Waals surface area contributed by atoms with Crippen LogP contribution in [-0.4, -0.2) is 29.8 Å². The summed E-state index contributed by atoms with van der Waals surface area (Å²) >= 11 is 5.78. The Bertz CT molecular complexity index is 1060. The van der Waals surface area contributed by atoms with E-state index in [0.717, 1.165) is 11.1 Å². The van der Waals surface area contributed by atoms with Crippen LogP contribution in [0, 0.1) is 6.92 Å². The van der Waals surface area contributed by atoms with Crippen molar-refractivity contribution in [2.45, 2.75) is 6.92 Å². The molecule has 0 aliphatic carbocycles. The van der Waals surface area contributed by atoms with Crippen molar-refractivity contribution in [3.05, 3.63) is 76.5 Å². The first-order chi connectivity index (χ1) is 13.9. The lowest BCUT2D eigenvalue weighted by molar-refractivity contribution is -0.123. The lowest BCUT2D eigenvalue weighted by atomic mass is 10.0. The molecule has 2 aromatic carbocycles. The van der Waals surface area contributed by atoms with Crippen LogP contribution in [0.2, 0.25) is 5.02 Å². The van der Waals surface area contributed by atoms with E-state index in [0.29, 0.717) is 22.3 Å². The van der Waals surface area contributed by atoms with E-state index in [4.69, 9.17) is 25.9 Å². The number of carboxylic acids is 1. The average Bonchev–Trinajstić information content (AvgIpc) is 3.16. The Morgan fingerprint density at radius 2 is 1.93 bits per heavy atom. The maximum atomic E-state index is 11.8. The molecule has 8 heteroatoms. The average molecular weight is 413 g/mol. The highest BCUT2D eigenvalue weighted by Gasteiger charge is 2.10. The zero-order valence-corrected chi connectivity index (χ0v) is 16.1. The summed E-state index contributed by atoms with van der Waals surface area (Å²) in [6.07, 6.45) is 1.37. The number of furan rings is 1. The molecular weight excluding hydrogens is 396 g/mol. The molecular formula is C21H17ClN2O5. The second-order valence-electron chi connectivity index (χ2n) is 6.07. The molecule has 0 aliphatic heterocycles. The van der Waals surface area contributed by atoms with Crippen LogP contribution in [0.1, 0.15) is 21.7 Å². The fourth-order valence-corrected chi connectivity index (χ4v) is 2.65. The van der Waals surface area contributed by atoms with Crippen LogP contribution in [0.15, 0.2) is 64.1 Å². The monoisotopic (exact) mass is 412 g/mol. The molecule has 0 radical (unpaired) electrons. The highest BCUT2D eigenvalue weighted by molar-refractivity contribution is 6.30. The molecule has 0 unspecified atom stereocenters. The van der Waals surface area contributed by atoms with Crippen LogP contribution in [0.25, 0.3) is 11.3 Å². The van der Waals surface area contributed by atoms with Crippen molar-refractivity contribution in [1.82, 2.24) is 5.43 Å². The third-order valence-corrected chi connectivity index (χ3v) is 4.18. The molecule has 0 saturated carbocycles. The molecule has 3 aromatic rings.